The fourth-order valence-electron chi connectivity index (χ4n) is 3.41. The Morgan fingerprint density at radius 2 is 1.56 bits per heavy atom. The summed E-state index contributed by atoms with van der Waals surface area (Å²) in [6.45, 7) is 3.12. The molecule has 0 N–H and O–H groups in total. The van der Waals surface area contributed by atoms with Gasteiger partial charge in [-0.15, -0.1) is 0 Å². The zero-order chi connectivity index (χ0) is 17.1. The number of fused-ring (bicyclic) bond motifs is 1. The van der Waals surface area contributed by atoms with Gasteiger partial charge in [0.15, 0.2) is 0 Å². The lowest BCUT2D eigenvalue weighted by atomic mass is 9.92. The van der Waals surface area contributed by atoms with Crippen molar-refractivity contribution >= 4 is 5.69 Å². The summed E-state index contributed by atoms with van der Waals surface area (Å²) >= 11 is 0. The zero-order valence-corrected chi connectivity index (χ0v) is 14.4. The quantitative estimate of drug-likeness (QED) is 0.560. The molecule has 122 valence electrons. The molecule has 1 unspecified atom stereocenters. The largest absolute Gasteiger partial charge is 0.353 e. The highest BCUT2D eigenvalue weighted by Gasteiger charge is 2.25. The van der Waals surface area contributed by atoms with Crippen molar-refractivity contribution in [3.05, 3.63) is 101 Å². The smallest absolute Gasteiger partial charge is 0.117 e. The Morgan fingerprint density at radius 3 is 2.36 bits per heavy atom. The molecule has 1 nitrogen and oxygen atoms in total. The highest BCUT2D eigenvalue weighted by atomic mass is 15.2. The van der Waals surface area contributed by atoms with Gasteiger partial charge in [0.2, 0.25) is 0 Å². The van der Waals surface area contributed by atoms with E-state index in [1.165, 1.54) is 22.4 Å². The summed E-state index contributed by atoms with van der Waals surface area (Å²) in [4.78, 5) is 2.43. The molecule has 0 radical (unpaired) electrons. The molecule has 1 heteroatoms. The zero-order valence-electron chi connectivity index (χ0n) is 14.4. The van der Waals surface area contributed by atoms with Gasteiger partial charge in [0.25, 0.3) is 0 Å². The Hall–Kier alpha value is -2.98. The Labute approximate surface area is 149 Å². The molecule has 25 heavy (non-hydrogen) atoms. The van der Waals surface area contributed by atoms with Gasteiger partial charge in [-0.1, -0.05) is 72.0 Å². The van der Waals surface area contributed by atoms with Crippen LogP contribution in [0, 0.1) is 18.8 Å². The Balaban J connectivity index is 1.76. The summed E-state index contributed by atoms with van der Waals surface area (Å²) < 4.78 is 0. The highest BCUT2D eigenvalue weighted by molar-refractivity contribution is 5.56. The van der Waals surface area contributed by atoms with Crippen molar-refractivity contribution in [3.63, 3.8) is 0 Å². The topological polar surface area (TPSA) is 3.24 Å². The van der Waals surface area contributed by atoms with Crippen molar-refractivity contribution in [2.75, 3.05) is 11.4 Å². The maximum atomic E-state index is 3.53. The Morgan fingerprint density at radius 1 is 0.840 bits per heavy atom. The fourth-order valence-corrected chi connectivity index (χ4v) is 3.41. The summed E-state index contributed by atoms with van der Waals surface area (Å²) in [6, 6.07) is 27.8. The van der Waals surface area contributed by atoms with E-state index in [0.717, 1.165) is 18.5 Å². The van der Waals surface area contributed by atoms with E-state index in [2.05, 4.69) is 84.3 Å². The molecule has 3 aromatic carbocycles. The van der Waals surface area contributed by atoms with Gasteiger partial charge in [-0.05, 0) is 48.7 Å². The molecule has 4 rings (SSSR count). The molecule has 0 fully saturated rings. The third kappa shape index (κ3) is 3.30. The average molecular weight is 323 g/mol. The van der Waals surface area contributed by atoms with Crippen molar-refractivity contribution in [2.24, 2.45) is 0 Å². The molecule has 1 aliphatic heterocycles. The van der Waals surface area contributed by atoms with Crippen molar-refractivity contribution in [1.29, 1.82) is 0 Å². The third-order valence-corrected chi connectivity index (χ3v) is 4.78. The fraction of sp³-hybridized carbons (Fsp3) is 0.167. The number of aryl methyl sites for hydroxylation is 1. The van der Waals surface area contributed by atoms with Crippen LogP contribution in [0.1, 0.15) is 28.3 Å². The number of rotatable bonds is 1. The van der Waals surface area contributed by atoms with Crippen LogP contribution in [0.2, 0.25) is 0 Å². The highest BCUT2D eigenvalue weighted by Crippen LogP contribution is 2.33. The van der Waals surface area contributed by atoms with E-state index in [4.69, 9.17) is 0 Å². The van der Waals surface area contributed by atoms with Crippen molar-refractivity contribution in [1.82, 2.24) is 0 Å². The van der Waals surface area contributed by atoms with E-state index in [1.807, 2.05) is 18.2 Å². The van der Waals surface area contributed by atoms with Crippen LogP contribution in [0.3, 0.4) is 0 Å². The van der Waals surface area contributed by atoms with E-state index >= 15 is 0 Å². The molecule has 0 aliphatic carbocycles. The molecule has 0 amide bonds. The molecule has 0 bridgehead atoms. The van der Waals surface area contributed by atoms with E-state index in [1.54, 1.807) is 0 Å². The summed E-state index contributed by atoms with van der Waals surface area (Å²) in [5.74, 6) is 6.91. The monoisotopic (exact) mass is 323 g/mol. The lowest BCUT2D eigenvalue weighted by Crippen LogP contribution is -2.34. The molecule has 1 heterocycles. The first-order chi connectivity index (χ1) is 12.3. The van der Waals surface area contributed by atoms with Crippen LogP contribution in [-0.4, -0.2) is 6.54 Å². The second-order valence-electron chi connectivity index (χ2n) is 6.52. The normalized spacial score (nSPS) is 15.9. The number of anilines is 1. The Kier molecular flexibility index (Phi) is 4.27. The predicted molar refractivity (Wildman–Crippen MR) is 105 cm³/mol. The minimum absolute atomic E-state index is 0.0906. The van der Waals surface area contributed by atoms with Crippen LogP contribution in [0.15, 0.2) is 78.9 Å². The predicted octanol–water partition coefficient (Wildman–Crippen LogP) is 5.15. The van der Waals surface area contributed by atoms with Crippen LogP contribution >= 0.6 is 0 Å². The minimum atomic E-state index is 0.0906. The van der Waals surface area contributed by atoms with Gasteiger partial charge in [-0.3, -0.25) is 0 Å². The number of hydrogen-bond acceptors (Lipinski definition) is 1. The molecule has 1 atom stereocenters. The van der Waals surface area contributed by atoms with Crippen molar-refractivity contribution in [3.8, 4) is 11.8 Å². The van der Waals surface area contributed by atoms with Crippen LogP contribution in [0.25, 0.3) is 0 Å². The van der Waals surface area contributed by atoms with E-state index in [0.29, 0.717) is 0 Å². The standard InChI is InChI=1S/C24H21N/c1-19-11-14-22(15-12-19)25-18-17-21-9-5-6-10-23(21)24(25)16-13-20-7-3-2-4-8-20/h2-12,14-15,24H,17-18H2,1H3. The molecule has 1 aliphatic rings. The molecule has 3 aromatic rings. The number of hydrogen-bond donors (Lipinski definition) is 0. The van der Waals surface area contributed by atoms with Gasteiger partial charge in [0.1, 0.15) is 6.04 Å². The average Bonchev–Trinajstić information content (AvgIpc) is 2.67. The second kappa shape index (κ2) is 6.87. The molecular weight excluding hydrogens is 302 g/mol. The van der Waals surface area contributed by atoms with Crippen LogP contribution in [0.5, 0.6) is 0 Å². The number of benzene rings is 3. The van der Waals surface area contributed by atoms with Gasteiger partial charge in [-0.2, -0.15) is 0 Å². The second-order valence-corrected chi connectivity index (χ2v) is 6.52. The maximum Gasteiger partial charge on any atom is 0.117 e. The first-order valence-corrected chi connectivity index (χ1v) is 8.79. The minimum Gasteiger partial charge on any atom is -0.353 e. The summed E-state index contributed by atoms with van der Waals surface area (Å²) in [6.07, 6.45) is 1.06. The van der Waals surface area contributed by atoms with Crippen molar-refractivity contribution in [2.45, 2.75) is 19.4 Å². The summed E-state index contributed by atoms with van der Waals surface area (Å²) in [5.41, 5.74) is 6.34. The maximum absolute atomic E-state index is 3.53. The third-order valence-electron chi connectivity index (χ3n) is 4.78. The first kappa shape index (κ1) is 15.5. The van der Waals surface area contributed by atoms with Crippen LogP contribution in [-0.2, 0) is 6.42 Å². The van der Waals surface area contributed by atoms with Gasteiger partial charge >= 0.3 is 0 Å². The van der Waals surface area contributed by atoms with Gasteiger partial charge in [0.05, 0.1) is 0 Å². The van der Waals surface area contributed by atoms with Crippen LogP contribution < -0.4 is 4.90 Å². The van der Waals surface area contributed by atoms with Gasteiger partial charge < -0.3 is 4.90 Å². The van der Waals surface area contributed by atoms with E-state index < -0.39 is 0 Å². The number of nitrogens with zero attached hydrogens (tertiary/aromatic N) is 1. The molecular formula is C24H21N. The lowest BCUT2D eigenvalue weighted by molar-refractivity contribution is 0.682. The van der Waals surface area contributed by atoms with Crippen LogP contribution in [0.4, 0.5) is 5.69 Å². The molecule has 0 aromatic heterocycles. The SMILES string of the molecule is Cc1ccc(N2CCc3ccccc3C2C#Cc2ccccc2)cc1. The Bertz CT molecular complexity index is 914. The van der Waals surface area contributed by atoms with E-state index in [9.17, 15) is 0 Å². The van der Waals surface area contributed by atoms with Gasteiger partial charge in [-0.25, -0.2) is 0 Å². The molecule has 0 saturated carbocycles. The summed E-state index contributed by atoms with van der Waals surface area (Å²) in [5, 5.41) is 0. The van der Waals surface area contributed by atoms with Crippen molar-refractivity contribution < 1.29 is 0 Å². The lowest BCUT2D eigenvalue weighted by Gasteiger charge is -2.36. The van der Waals surface area contributed by atoms with Gasteiger partial charge in [0, 0.05) is 17.8 Å². The van der Waals surface area contributed by atoms with E-state index in [-0.39, 0.29) is 6.04 Å². The molecule has 0 saturated heterocycles. The first-order valence-electron chi connectivity index (χ1n) is 8.79. The summed E-state index contributed by atoms with van der Waals surface area (Å²) in [7, 11) is 0. The molecule has 0 spiro atoms.